The molecule has 2 N–H and O–H groups in total. The lowest BCUT2D eigenvalue weighted by Gasteiger charge is -2.20. The Balaban J connectivity index is 2.87. The molecule has 0 saturated heterocycles. The molecule has 0 aliphatic heterocycles. The molecule has 1 aromatic rings. The molecule has 0 spiro atoms. The fourth-order valence-corrected chi connectivity index (χ4v) is 1.63. The summed E-state index contributed by atoms with van der Waals surface area (Å²) in [5.74, 6) is 0. The second kappa shape index (κ2) is 6.60. The molecule has 0 heterocycles. The number of nitriles is 1. The number of amides is 1. The Morgan fingerprint density at radius 2 is 2.20 bits per heavy atom. The highest BCUT2D eigenvalue weighted by atomic mass is 35.5. The summed E-state index contributed by atoms with van der Waals surface area (Å²) >= 11 is 5.98. The second-order valence-electron chi connectivity index (χ2n) is 5.24. The molecule has 1 rings (SSSR count). The summed E-state index contributed by atoms with van der Waals surface area (Å²) in [7, 11) is 0. The average molecular weight is 297 g/mol. The Bertz CT molecular complexity index is 532. The number of anilines is 1. The van der Waals surface area contributed by atoms with Gasteiger partial charge in [0.05, 0.1) is 29.3 Å². The van der Waals surface area contributed by atoms with E-state index in [0.29, 0.717) is 16.3 Å². The second-order valence-corrected chi connectivity index (χ2v) is 5.65. The van der Waals surface area contributed by atoms with Crippen LogP contribution in [0.2, 0.25) is 5.02 Å². The summed E-state index contributed by atoms with van der Waals surface area (Å²) < 4.78 is 5.12. The van der Waals surface area contributed by atoms with E-state index in [-0.39, 0.29) is 6.42 Å². The minimum absolute atomic E-state index is 0.0342. The van der Waals surface area contributed by atoms with Crippen molar-refractivity contribution < 1.29 is 14.6 Å². The molecule has 1 amide bonds. The Hall–Kier alpha value is -1.77. The number of hydrogen-bond acceptors (Lipinski definition) is 4. The molecule has 0 radical (unpaired) electrons. The van der Waals surface area contributed by atoms with Crippen LogP contribution in [0.15, 0.2) is 18.2 Å². The Kier molecular flexibility index (Phi) is 5.37. The van der Waals surface area contributed by atoms with Gasteiger partial charge in [0.2, 0.25) is 0 Å². The quantitative estimate of drug-likeness (QED) is 0.892. The highest BCUT2D eigenvalue weighted by molar-refractivity contribution is 6.33. The van der Waals surface area contributed by atoms with E-state index in [0.717, 1.165) is 0 Å². The summed E-state index contributed by atoms with van der Waals surface area (Å²) in [6.07, 6.45) is -1.59. The van der Waals surface area contributed by atoms with Gasteiger partial charge in [-0.15, -0.1) is 0 Å². The number of benzene rings is 1. The predicted octanol–water partition coefficient (Wildman–Crippen LogP) is 3.63. The fraction of sp³-hybridized carbons (Fsp3) is 0.429. The van der Waals surface area contributed by atoms with Crippen molar-refractivity contribution in [3.05, 3.63) is 28.8 Å². The minimum atomic E-state index is -0.920. The van der Waals surface area contributed by atoms with Gasteiger partial charge in [-0.2, -0.15) is 5.26 Å². The molecule has 0 bridgehead atoms. The molecule has 0 aliphatic carbocycles. The van der Waals surface area contributed by atoms with Crippen LogP contribution in [-0.2, 0) is 4.74 Å². The number of nitrogens with one attached hydrogen (secondary N) is 1. The molecule has 1 atom stereocenters. The van der Waals surface area contributed by atoms with Crippen LogP contribution in [0.25, 0.3) is 0 Å². The van der Waals surface area contributed by atoms with Crippen molar-refractivity contribution >= 4 is 23.4 Å². The monoisotopic (exact) mass is 296 g/mol. The van der Waals surface area contributed by atoms with Gasteiger partial charge >= 0.3 is 6.09 Å². The average Bonchev–Trinajstić information content (AvgIpc) is 2.29. The van der Waals surface area contributed by atoms with Gasteiger partial charge in [0, 0.05) is 0 Å². The maximum atomic E-state index is 11.7. The van der Waals surface area contributed by atoms with Crippen molar-refractivity contribution in [2.24, 2.45) is 0 Å². The summed E-state index contributed by atoms with van der Waals surface area (Å²) in [5, 5.41) is 21.2. The number of aliphatic hydroxyl groups excluding tert-OH is 1. The Morgan fingerprint density at radius 3 is 2.75 bits per heavy atom. The van der Waals surface area contributed by atoms with Gasteiger partial charge in [-0.05, 0) is 38.5 Å². The first-order chi connectivity index (χ1) is 9.23. The van der Waals surface area contributed by atoms with Gasteiger partial charge in [0.25, 0.3) is 0 Å². The van der Waals surface area contributed by atoms with Crippen molar-refractivity contribution in [3.63, 3.8) is 0 Å². The van der Waals surface area contributed by atoms with Gasteiger partial charge < -0.3 is 9.84 Å². The molecule has 20 heavy (non-hydrogen) atoms. The molecular weight excluding hydrogens is 280 g/mol. The van der Waals surface area contributed by atoms with Gasteiger partial charge in [0.15, 0.2) is 0 Å². The zero-order valence-electron chi connectivity index (χ0n) is 11.6. The number of nitrogens with zero attached hydrogens (tertiary/aromatic N) is 1. The minimum Gasteiger partial charge on any atom is -0.444 e. The first-order valence-electron chi connectivity index (χ1n) is 6.07. The van der Waals surface area contributed by atoms with Crippen LogP contribution in [0.3, 0.4) is 0 Å². The van der Waals surface area contributed by atoms with Gasteiger partial charge in [-0.3, -0.25) is 5.32 Å². The first kappa shape index (κ1) is 16.3. The van der Waals surface area contributed by atoms with Crippen molar-refractivity contribution in [3.8, 4) is 6.07 Å². The lowest BCUT2D eigenvalue weighted by atomic mass is 10.1. The van der Waals surface area contributed by atoms with Crippen LogP contribution in [0, 0.1) is 11.3 Å². The zero-order valence-corrected chi connectivity index (χ0v) is 12.4. The largest absolute Gasteiger partial charge is 0.444 e. The molecule has 0 saturated carbocycles. The third-order valence-electron chi connectivity index (χ3n) is 2.30. The van der Waals surface area contributed by atoms with Crippen LogP contribution in [0.4, 0.5) is 10.5 Å². The standard InChI is InChI=1S/C14H17ClN2O3/c1-14(2,3)20-13(19)17-11-8-9(4-5-10(11)15)12(18)6-7-16/h4-5,8,12,18H,6H2,1-3H3,(H,17,19). The number of rotatable bonds is 3. The molecule has 1 aromatic carbocycles. The number of carbonyl (C=O) groups is 1. The molecule has 0 fully saturated rings. The van der Waals surface area contributed by atoms with Crippen molar-refractivity contribution in [2.45, 2.75) is 38.9 Å². The van der Waals surface area contributed by atoms with E-state index in [1.54, 1.807) is 32.9 Å². The maximum Gasteiger partial charge on any atom is 0.412 e. The summed E-state index contributed by atoms with van der Waals surface area (Å²) in [4.78, 5) is 11.7. The van der Waals surface area contributed by atoms with E-state index in [2.05, 4.69) is 5.32 Å². The SMILES string of the molecule is CC(C)(C)OC(=O)Nc1cc(C(O)CC#N)ccc1Cl. The normalized spacial score (nSPS) is 12.4. The third kappa shape index (κ3) is 5.08. The number of aliphatic hydroxyl groups is 1. The molecule has 0 aromatic heterocycles. The molecule has 1 unspecified atom stereocenters. The van der Waals surface area contributed by atoms with Crippen LogP contribution in [0.5, 0.6) is 0 Å². The third-order valence-corrected chi connectivity index (χ3v) is 2.63. The molecule has 6 heteroatoms. The van der Waals surface area contributed by atoms with E-state index >= 15 is 0 Å². The van der Waals surface area contributed by atoms with Crippen molar-refractivity contribution in [1.29, 1.82) is 5.26 Å². The summed E-state index contributed by atoms with van der Waals surface area (Å²) in [5.41, 5.74) is 0.214. The van der Waals surface area contributed by atoms with Gasteiger partial charge in [-0.1, -0.05) is 17.7 Å². The fourth-order valence-electron chi connectivity index (χ4n) is 1.46. The van der Waals surface area contributed by atoms with E-state index in [1.807, 2.05) is 6.07 Å². The summed E-state index contributed by atoms with van der Waals surface area (Å²) in [6.45, 7) is 5.25. The maximum absolute atomic E-state index is 11.7. The number of carbonyl (C=O) groups excluding carboxylic acids is 1. The summed E-state index contributed by atoms with van der Waals surface area (Å²) in [6, 6.07) is 6.55. The van der Waals surface area contributed by atoms with Crippen LogP contribution >= 0.6 is 11.6 Å². The van der Waals surface area contributed by atoms with Crippen LogP contribution in [-0.4, -0.2) is 16.8 Å². The molecule has 0 aliphatic rings. The predicted molar refractivity (Wildman–Crippen MR) is 76.5 cm³/mol. The Labute approximate surface area is 123 Å². The molecule has 108 valence electrons. The van der Waals surface area contributed by atoms with Gasteiger partial charge in [0.1, 0.15) is 5.60 Å². The van der Waals surface area contributed by atoms with Crippen molar-refractivity contribution in [1.82, 2.24) is 0 Å². The Morgan fingerprint density at radius 1 is 1.55 bits per heavy atom. The van der Waals surface area contributed by atoms with E-state index in [4.69, 9.17) is 21.6 Å². The highest BCUT2D eigenvalue weighted by Crippen LogP contribution is 2.27. The van der Waals surface area contributed by atoms with Crippen LogP contribution in [0.1, 0.15) is 38.9 Å². The van der Waals surface area contributed by atoms with Crippen LogP contribution < -0.4 is 5.32 Å². The number of ether oxygens (including phenoxy) is 1. The lowest BCUT2D eigenvalue weighted by molar-refractivity contribution is 0.0636. The molecule has 5 nitrogen and oxygen atoms in total. The zero-order chi connectivity index (χ0) is 15.3. The topological polar surface area (TPSA) is 82.3 Å². The lowest BCUT2D eigenvalue weighted by Crippen LogP contribution is -2.27. The van der Waals surface area contributed by atoms with Crippen molar-refractivity contribution in [2.75, 3.05) is 5.32 Å². The van der Waals surface area contributed by atoms with E-state index in [9.17, 15) is 9.90 Å². The van der Waals surface area contributed by atoms with E-state index in [1.165, 1.54) is 6.07 Å². The first-order valence-corrected chi connectivity index (χ1v) is 6.45. The smallest absolute Gasteiger partial charge is 0.412 e. The molecular formula is C14H17ClN2O3. The number of halogens is 1. The number of hydrogen-bond donors (Lipinski definition) is 2. The van der Waals surface area contributed by atoms with Gasteiger partial charge in [-0.25, -0.2) is 4.79 Å². The van der Waals surface area contributed by atoms with E-state index < -0.39 is 17.8 Å². The highest BCUT2D eigenvalue weighted by Gasteiger charge is 2.18.